The van der Waals surface area contributed by atoms with Gasteiger partial charge in [0.15, 0.2) is 11.6 Å². The minimum atomic E-state index is 0.0216. The summed E-state index contributed by atoms with van der Waals surface area (Å²) in [5.41, 5.74) is 2.64. The molecule has 2 rings (SSSR count). The molecule has 0 spiro atoms. The summed E-state index contributed by atoms with van der Waals surface area (Å²) in [6, 6.07) is 13.8. The number of rotatable bonds is 4. The Morgan fingerprint density at radius 3 is 1.14 bits per heavy atom. The molecule has 0 aromatic heterocycles. The van der Waals surface area contributed by atoms with Gasteiger partial charge in [0.1, 0.15) is 0 Å². The van der Waals surface area contributed by atoms with Crippen molar-refractivity contribution in [3.63, 3.8) is 0 Å². The Hall–Kier alpha value is -2.62. The van der Waals surface area contributed by atoms with Crippen LogP contribution in [0.4, 0.5) is 11.4 Å². The molecule has 0 saturated heterocycles. The van der Waals surface area contributed by atoms with Crippen LogP contribution in [0.1, 0.15) is 48.4 Å². The first-order chi connectivity index (χ1) is 10.6. The van der Waals surface area contributed by atoms with Crippen molar-refractivity contribution in [1.29, 1.82) is 0 Å². The number of nitrogens with zero attached hydrogens (tertiary/aromatic N) is 2. The summed E-state index contributed by atoms with van der Waals surface area (Å²) in [5.74, 6) is 0.0432. The molecule has 0 atom stereocenters. The Balaban J connectivity index is 0.00000116. The molecule has 114 valence electrons. The third kappa shape index (κ3) is 5.05. The predicted molar refractivity (Wildman–Crippen MR) is 88.4 cm³/mol. The first-order valence-corrected chi connectivity index (χ1v) is 7.20. The Morgan fingerprint density at radius 1 is 0.636 bits per heavy atom. The second-order valence-electron chi connectivity index (χ2n) is 4.41. The van der Waals surface area contributed by atoms with E-state index in [0.29, 0.717) is 22.5 Å². The molecule has 0 amide bonds. The van der Waals surface area contributed by atoms with E-state index in [2.05, 4.69) is 10.2 Å². The van der Waals surface area contributed by atoms with E-state index < -0.39 is 0 Å². The van der Waals surface area contributed by atoms with E-state index >= 15 is 0 Å². The molecular weight excluding hydrogens is 276 g/mol. The molecule has 0 aliphatic rings. The fourth-order valence-corrected chi connectivity index (χ4v) is 1.64. The molecule has 0 aliphatic carbocycles. The van der Waals surface area contributed by atoms with E-state index in [4.69, 9.17) is 0 Å². The molecule has 0 aliphatic heterocycles. The van der Waals surface area contributed by atoms with Gasteiger partial charge in [-0.15, -0.1) is 0 Å². The number of azo groups is 1. The molecule has 22 heavy (non-hydrogen) atoms. The fourth-order valence-electron chi connectivity index (χ4n) is 1.64. The van der Waals surface area contributed by atoms with Crippen LogP contribution in [0.2, 0.25) is 0 Å². The average molecular weight is 296 g/mol. The van der Waals surface area contributed by atoms with E-state index in [1.165, 1.54) is 13.8 Å². The van der Waals surface area contributed by atoms with Crippen molar-refractivity contribution in [2.75, 3.05) is 0 Å². The van der Waals surface area contributed by atoms with Crippen molar-refractivity contribution in [2.45, 2.75) is 27.7 Å². The lowest BCUT2D eigenvalue weighted by molar-refractivity contribution is 0.100. The lowest BCUT2D eigenvalue weighted by Gasteiger charge is -1.97. The van der Waals surface area contributed by atoms with Crippen LogP contribution in [0, 0.1) is 0 Å². The van der Waals surface area contributed by atoms with Crippen LogP contribution >= 0.6 is 0 Å². The largest absolute Gasteiger partial charge is 0.295 e. The van der Waals surface area contributed by atoms with Gasteiger partial charge in [0.2, 0.25) is 0 Å². The first-order valence-electron chi connectivity index (χ1n) is 7.20. The predicted octanol–water partition coefficient (Wildman–Crippen LogP) is 5.53. The van der Waals surface area contributed by atoms with Gasteiger partial charge in [0.05, 0.1) is 11.4 Å². The maximum atomic E-state index is 11.1. The van der Waals surface area contributed by atoms with Crippen LogP contribution < -0.4 is 0 Å². The highest BCUT2D eigenvalue weighted by atomic mass is 16.1. The van der Waals surface area contributed by atoms with Crippen molar-refractivity contribution >= 4 is 22.9 Å². The van der Waals surface area contributed by atoms with Gasteiger partial charge in [-0.2, -0.15) is 10.2 Å². The summed E-state index contributed by atoms with van der Waals surface area (Å²) in [4.78, 5) is 22.3. The fraction of sp³-hybridized carbons (Fsp3) is 0.222. The highest BCUT2D eigenvalue weighted by Crippen LogP contribution is 2.19. The van der Waals surface area contributed by atoms with Gasteiger partial charge < -0.3 is 0 Å². The molecule has 4 nitrogen and oxygen atoms in total. The van der Waals surface area contributed by atoms with Crippen LogP contribution in [-0.4, -0.2) is 11.6 Å². The molecule has 0 unspecified atom stereocenters. The standard InChI is InChI=1S/C16H14N2O2.C2H6/c1-11(19)13-3-7-15(8-4-13)17-18-16-9-5-14(6-10-16)12(2)20;1-2/h3-10H,1-2H3;1-2H3. The second-order valence-corrected chi connectivity index (χ2v) is 4.41. The number of carbonyl (C=O) groups excluding carboxylic acids is 2. The third-order valence-corrected chi connectivity index (χ3v) is 2.83. The number of hydrogen-bond donors (Lipinski definition) is 0. The highest BCUT2D eigenvalue weighted by molar-refractivity contribution is 5.94. The van der Waals surface area contributed by atoms with E-state index in [9.17, 15) is 9.59 Å². The van der Waals surface area contributed by atoms with Crippen LogP contribution in [0.5, 0.6) is 0 Å². The summed E-state index contributed by atoms with van der Waals surface area (Å²) in [6.45, 7) is 7.04. The summed E-state index contributed by atoms with van der Waals surface area (Å²) in [5, 5.41) is 8.16. The quantitative estimate of drug-likeness (QED) is 0.550. The SMILES string of the molecule is CC.CC(=O)c1ccc(N=Nc2ccc(C(C)=O)cc2)cc1. The molecule has 0 N–H and O–H groups in total. The summed E-state index contributed by atoms with van der Waals surface area (Å²) < 4.78 is 0. The average Bonchev–Trinajstić information content (AvgIpc) is 2.55. The van der Waals surface area contributed by atoms with Crippen LogP contribution in [0.15, 0.2) is 58.8 Å². The molecular formula is C18H20N2O2. The lowest BCUT2D eigenvalue weighted by Crippen LogP contribution is -1.89. The molecule has 4 heteroatoms. The molecule has 0 radical (unpaired) electrons. The summed E-state index contributed by atoms with van der Waals surface area (Å²) in [7, 11) is 0. The van der Waals surface area contributed by atoms with Gasteiger partial charge in [-0.1, -0.05) is 13.8 Å². The number of ketones is 2. The molecule has 2 aromatic carbocycles. The van der Waals surface area contributed by atoms with Crippen LogP contribution in [-0.2, 0) is 0 Å². The summed E-state index contributed by atoms with van der Waals surface area (Å²) >= 11 is 0. The number of benzene rings is 2. The molecule has 0 saturated carbocycles. The summed E-state index contributed by atoms with van der Waals surface area (Å²) in [6.07, 6.45) is 0. The zero-order valence-corrected chi connectivity index (χ0v) is 13.3. The number of Topliss-reactive ketones (excluding diaryl/α,β-unsaturated/α-hetero) is 2. The van der Waals surface area contributed by atoms with Crippen LogP contribution in [0.25, 0.3) is 0 Å². The van der Waals surface area contributed by atoms with Crippen molar-refractivity contribution < 1.29 is 9.59 Å². The first kappa shape index (κ1) is 17.4. The van der Waals surface area contributed by atoms with Crippen molar-refractivity contribution in [1.82, 2.24) is 0 Å². The second kappa shape index (κ2) is 8.62. The smallest absolute Gasteiger partial charge is 0.159 e. The molecule has 0 fully saturated rings. The van der Waals surface area contributed by atoms with E-state index in [0.717, 1.165) is 0 Å². The van der Waals surface area contributed by atoms with Gasteiger partial charge in [-0.05, 0) is 62.4 Å². The third-order valence-electron chi connectivity index (χ3n) is 2.83. The van der Waals surface area contributed by atoms with Gasteiger partial charge in [0, 0.05) is 11.1 Å². The monoisotopic (exact) mass is 296 g/mol. The molecule has 0 bridgehead atoms. The highest BCUT2D eigenvalue weighted by Gasteiger charge is 1.99. The number of carbonyl (C=O) groups is 2. The Morgan fingerprint density at radius 2 is 0.909 bits per heavy atom. The maximum Gasteiger partial charge on any atom is 0.159 e. The Labute approximate surface area is 130 Å². The van der Waals surface area contributed by atoms with Gasteiger partial charge in [-0.25, -0.2) is 0 Å². The van der Waals surface area contributed by atoms with Gasteiger partial charge in [0.25, 0.3) is 0 Å². The maximum absolute atomic E-state index is 11.1. The van der Waals surface area contributed by atoms with Crippen molar-refractivity contribution in [3.8, 4) is 0 Å². The zero-order valence-electron chi connectivity index (χ0n) is 13.3. The zero-order chi connectivity index (χ0) is 16.5. The van der Waals surface area contributed by atoms with E-state index in [1.807, 2.05) is 13.8 Å². The van der Waals surface area contributed by atoms with Gasteiger partial charge in [-0.3, -0.25) is 9.59 Å². The Bertz CT molecular complexity index is 597. The number of hydrogen-bond acceptors (Lipinski definition) is 4. The minimum Gasteiger partial charge on any atom is -0.295 e. The van der Waals surface area contributed by atoms with Crippen LogP contribution in [0.3, 0.4) is 0 Å². The normalized spacial score (nSPS) is 10.0. The minimum absolute atomic E-state index is 0.0216. The van der Waals surface area contributed by atoms with Gasteiger partial charge >= 0.3 is 0 Å². The van der Waals surface area contributed by atoms with E-state index in [-0.39, 0.29) is 11.6 Å². The van der Waals surface area contributed by atoms with Crippen molar-refractivity contribution in [2.24, 2.45) is 10.2 Å². The molecule has 0 heterocycles. The lowest BCUT2D eigenvalue weighted by atomic mass is 10.1. The van der Waals surface area contributed by atoms with E-state index in [1.54, 1.807) is 48.5 Å². The van der Waals surface area contributed by atoms with Crippen molar-refractivity contribution in [3.05, 3.63) is 59.7 Å². The Kier molecular flexibility index (Phi) is 6.83. The topological polar surface area (TPSA) is 58.9 Å². The molecule has 2 aromatic rings.